The highest BCUT2D eigenvalue weighted by Gasteiger charge is 2.38. The summed E-state index contributed by atoms with van der Waals surface area (Å²) < 4.78 is 37.4. The molecular weight excluding hydrogens is 239 g/mol. The summed E-state index contributed by atoms with van der Waals surface area (Å²) in [7, 11) is 0. The lowest BCUT2D eigenvalue weighted by Gasteiger charge is -2.01. The average molecular weight is 243 g/mol. The molecule has 0 aliphatic heterocycles. The number of aromatic nitrogens is 2. The number of hydrogen-bond donors (Lipinski definition) is 1. The summed E-state index contributed by atoms with van der Waals surface area (Å²) in [6.45, 7) is 0. The number of nitrogens with zero attached hydrogens (tertiary/aromatic N) is 2. The zero-order valence-corrected chi connectivity index (χ0v) is 8.49. The van der Waals surface area contributed by atoms with Gasteiger partial charge in [0, 0.05) is 0 Å². The fourth-order valence-electron chi connectivity index (χ4n) is 1.26. The number of alkyl halides is 3. The van der Waals surface area contributed by atoms with Gasteiger partial charge in [-0.15, -0.1) is 11.3 Å². The van der Waals surface area contributed by atoms with Crippen LogP contribution in [-0.2, 0) is 6.18 Å². The van der Waals surface area contributed by atoms with Crippen LogP contribution in [-0.4, -0.2) is 10.2 Å². The van der Waals surface area contributed by atoms with Crippen molar-refractivity contribution in [2.24, 2.45) is 0 Å². The molecule has 82 valence electrons. The van der Waals surface area contributed by atoms with Gasteiger partial charge in [0.1, 0.15) is 11.6 Å². The van der Waals surface area contributed by atoms with E-state index in [1.54, 1.807) is 17.5 Å². The monoisotopic (exact) mass is 243 g/mol. The summed E-state index contributed by atoms with van der Waals surface area (Å²) in [5.41, 5.74) is -1.52. The number of H-pyrrole nitrogens is 1. The van der Waals surface area contributed by atoms with Gasteiger partial charge in [-0.25, -0.2) is 0 Å². The first-order chi connectivity index (χ1) is 7.54. The third-order valence-electron chi connectivity index (χ3n) is 1.91. The molecule has 0 aliphatic rings. The summed E-state index contributed by atoms with van der Waals surface area (Å²) in [4.78, 5) is 0.555. The summed E-state index contributed by atoms with van der Waals surface area (Å²) in [6, 6.07) is 4.85. The van der Waals surface area contributed by atoms with E-state index in [0.717, 1.165) is 0 Å². The van der Waals surface area contributed by atoms with Gasteiger partial charge >= 0.3 is 6.18 Å². The predicted molar refractivity (Wildman–Crippen MR) is 51.6 cm³/mol. The molecule has 3 nitrogen and oxygen atoms in total. The van der Waals surface area contributed by atoms with Crippen molar-refractivity contribution in [2.45, 2.75) is 6.18 Å². The SMILES string of the molecule is N#Cc1c(C(F)(F)F)n[nH]c1-c1cccs1. The molecule has 2 aromatic rings. The van der Waals surface area contributed by atoms with Crippen LogP contribution in [0.15, 0.2) is 17.5 Å². The lowest BCUT2D eigenvalue weighted by molar-refractivity contribution is -0.141. The lowest BCUT2D eigenvalue weighted by atomic mass is 10.1. The molecule has 0 amide bonds. The van der Waals surface area contributed by atoms with Crippen LogP contribution in [0.3, 0.4) is 0 Å². The van der Waals surface area contributed by atoms with E-state index in [4.69, 9.17) is 5.26 Å². The molecule has 0 radical (unpaired) electrons. The Hall–Kier alpha value is -1.81. The average Bonchev–Trinajstić information content (AvgIpc) is 2.84. The molecule has 0 aromatic carbocycles. The van der Waals surface area contributed by atoms with Gasteiger partial charge in [-0.2, -0.15) is 23.5 Å². The Morgan fingerprint density at radius 1 is 1.44 bits per heavy atom. The van der Waals surface area contributed by atoms with Gasteiger partial charge in [-0.1, -0.05) is 6.07 Å². The third kappa shape index (κ3) is 1.67. The van der Waals surface area contributed by atoms with Crippen molar-refractivity contribution in [1.29, 1.82) is 5.26 Å². The van der Waals surface area contributed by atoms with Crippen molar-refractivity contribution in [2.75, 3.05) is 0 Å². The number of hydrogen-bond acceptors (Lipinski definition) is 3. The van der Waals surface area contributed by atoms with E-state index in [1.807, 2.05) is 0 Å². The predicted octanol–water partition coefficient (Wildman–Crippen LogP) is 3.03. The van der Waals surface area contributed by atoms with Gasteiger partial charge in [0.15, 0.2) is 5.69 Å². The van der Waals surface area contributed by atoms with Crippen LogP contribution in [0.25, 0.3) is 10.6 Å². The minimum Gasteiger partial charge on any atom is -0.275 e. The highest BCUT2D eigenvalue weighted by molar-refractivity contribution is 7.13. The maximum Gasteiger partial charge on any atom is 0.436 e. The van der Waals surface area contributed by atoms with E-state index < -0.39 is 17.4 Å². The van der Waals surface area contributed by atoms with Gasteiger partial charge in [0.05, 0.1) is 10.6 Å². The molecule has 0 unspecified atom stereocenters. The Morgan fingerprint density at radius 2 is 2.19 bits per heavy atom. The van der Waals surface area contributed by atoms with Crippen LogP contribution in [0.5, 0.6) is 0 Å². The Balaban J connectivity index is 2.59. The molecule has 0 saturated carbocycles. The molecule has 0 aliphatic carbocycles. The fraction of sp³-hybridized carbons (Fsp3) is 0.111. The summed E-state index contributed by atoms with van der Waals surface area (Å²) in [6.07, 6.45) is -4.61. The molecule has 16 heavy (non-hydrogen) atoms. The van der Waals surface area contributed by atoms with E-state index in [2.05, 4.69) is 10.2 Å². The third-order valence-corrected chi connectivity index (χ3v) is 2.80. The Morgan fingerprint density at radius 3 is 2.69 bits per heavy atom. The quantitative estimate of drug-likeness (QED) is 0.836. The van der Waals surface area contributed by atoms with E-state index >= 15 is 0 Å². The van der Waals surface area contributed by atoms with Crippen LogP contribution < -0.4 is 0 Å². The molecule has 0 spiro atoms. The zero-order chi connectivity index (χ0) is 11.8. The van der Waals surface area contributed by atoms with Crippen LogP contribution in [0.2, 0.25) is 0 Å². The fourth-order valence-corrected chi connectivity index (χ4v) is 1.98. The minimum absolute atomic E-state index is 0.116. The second-order valence-electron chi connectivity index (χ2n) is 2.91. The van der Waals surface area contributed by atoms with E-state index in [1.165, 1.54) is 17.4 Å². The van der Waals surface area contributed by atoms with E-state index in [9.17, 15) is 13.2 Å². The Bertz CT molecular complexity index is 533. The first-order valence-corrected chi connectivity index (χ1v) is 5.01. The van der Waals surface area contributed by atoms with Gasteiger partial charge in [0.25, 0.3) is 0 Å². The number of halogens is 3. The van der Waals surface area contributed by atoms with Crippen molar-refractivity contribution in [1.82, 2.24) is 10.2 Å². The smallest absolute Gasteiger partial charge is 0.275 e. The standard InChI is InChI=1S/C9H4F3N3S/c10-9(11,12)8-5(4-13)7(14-15-8)6-2-1-3-16-6/h1-3H,(H,14,15). The maximum absolute atomic E-state index is 12.5. The number of nitriles is 1. The molecule has 0 fully saturated rings. The second kappa shape index (κ2) is 3.64. The zero-order valence-electron chi connectivity index (χ0n) is 7.67. The van der Waals surface area contributed by atoms with Crippen molar-refractivity contribution in [3.05, 3.63) is 28.8 Å². The van der Waals surface area contributed by atoms with Gasteiger partial charge in [-0.3, -0.25) is 5.10 Å². The number of aromatic amines is 1. The minimum atomic E-state index is -4.61. The molecular formula is C9H4F3N3S. The van der Waals surface area contributed by atoms with Crippen molar-refractivity contribution >= 4 is 11.3 Å². The molecule has 2 heterocycles. The van der Waals surface area contributed by atoms with Gasteiger partial charge in [0.2, 0.25) is 0 Å². The molecule has 0 atom stereocenters. The Kier molecular flexibility index (Phi) is 2.44. The Labute approximate surface area is 92.1 Å². The van der Waals surface area contributed by atoms with Gasteiger partial charge < -0.3 is 0 Å². The summed E-state index contributed by atoms with van der Waals surface area (Å²) in [5.74, 6) is 0. The van der Waals surface area contributed by atoms with Crippen LogP contribution in [0.4, 0.5) is 13.2 Å². The number of thiophene rings is 1. The van der Waals surface area contributed by atoms with Crippen LogP contribution in [0, 0.1) is 11.3 Å². The first-order valence-electron chi connectivity index (χ1n) is 4.13. The van der Waals surface area contributed by atoms with Crippen molar-refractivity contribution in [3.8, 4) is 16.6 Å². The molecule has 0 saturated heterocycles. The number of nitrogens with one attached hydrogen (secondary N) is 1. The largest absolute Gasteiger partial charge is 0.436 e. The molecule has 0 bridgehead atoms. The van der Waals surface area contributed by atoms with E-state index in [-0.39, 0.29) is 5.69 Å². The second-order valence-corrected chi connectivity index (χ2v) is 3.86. The normalized spacial score (nSPS) is 11.4. The molecule has 1 N–H and O–H groups in total. The van der Waals surface area contributed by atoms with Crippen LogP contribution in [0.1, 0.15) is 11.3 Å². The van der Waals surface area contributed by atoms with E-state index in [0.29, 0.717) is 4.88 Å². The maximum atomic E-state index is 12.5. The van der Waals surface area contributed by atoms with Crippen molar-refractivity contribution in [3.63, 3.8) is 0 Å². The highest BCUT2D eigenvalue weighted by Crippen LogP contribution is 2.35. The van der Waals surface area contributed by atoms with Crippen molar-refractivity contribution < 1.29 is 13.2 Å². The summed E-state index contributed by atoms with van der Waals surface area (Å²) >= 11 is 1.24. The molecule has 7 heteroatoms. The number of rotatable bonds is 1. The topological polar surface area (TPSA) is 52.5 Å². The van der Waals surface area contributed by atoms with Crippen LogP contribution >= 0.6 is 11.3 Å². The lowest BCUT2D eigenvalue weighted by Crippen LogP contribution is -2.07. The highest BCUT2D eigenvalue weighted by atomic mass is 32.1. The first kappa shape index (κ1) is 10.7. The molecule has 2 rings (SSSR count). The molecule has 2 aromatic heterocycles. The summed E-state index contributed by atoms with van der Waals surface area (Å²) in [5, 5.41) is 15.9. The van der Waals surface area contributed by atoms with Gasteiger partial charge in [-0.05, 0) is 11.4 Å².